The second kappa shape index (κ2) is 14.8. The summed E-state index contributed by atoms with van der Waals surface area (Å²) in [6.07, 6.45) is -7.90. The van der Waals surface area contributed by atoms with Crippen molar-refractivity contribution in [1.29, 1.82) is 0 Å². The number of likely N-dealkylation sites (tertiary alicyclic amines) is 1. The van der Waals surface area contributed by atoms with Crippen LogP contribution in [0.4, 0.5) is 26.3 Å². The van der Waals surface area contributed by atoms with Gasteiger partial charge in [-0.1, -0.05) is 17.7 Å². The topological polar surface area (TPSA) is 75.2 Å². The Hall–Kier alpha value is -3.40. The summed E-state index contributed by atoms with van der Waals surface area (Å²) in [6.45, 7) is 1.41. The molecular weight excluding hydrogens is 698 g/mol. The summed E-state index contributed by atoms with van der Waals surface area (Å²) >= 11 is 6.58. The van der Waals surface area contributed by atoms with E-state index in [0.717, 1.165) is 40.9 Å². The van der Waals surface area contributed by atoms with Gasteiger partial charge in [-0.2, -0.15) is 26.3 Å². The smallest absolute Gasteiger partial charge is 0.425 e. The van der Waals surface area contributed by atoms with Gasteiger partial charge >= 0.3 is 12.4 Å². The Kier molecular flexibility index (Phi) is 11.2. The van der Waals surface area contributed by atoms with Crippen molar-refractivity contribution in [2.45, 2.75) is 56.2 Å². The highest BCUT2D eigenvalue weighted by Crippen LogP contribution is 2.43. The number of pyridine rings is 1. The SMILES string of the molecule is COCCN(C)CCC1N(C(=O)c2ncccc2C(F)(F)F)CCC[C@@]1(Oc1csc(C(F)(F)F)c1)C(=O)N1CCc2cc(Cl)ccc2C1. The van der Waals surface area contributed by atoms with Gasteiger partial charge in [-0.15, -0.1) is 11.3 Å². The van der Waals surface area contributed by atoms with E-state index in [1.165, 1.54) is 16.9 Å². The van der Waals surface area contributed by atoms with Crippen molar-refractivity contribution in [2.75, 3.05) is 46.9 Å². The lowest BCUT2D eigenvalue weighted by Gasteiger charge is -2.50. The molecular formula is C33H35ClF6N4O4S. The minimum absolute atomic E-state index is 0.00240. The van der Waals surface area contributed by atoms with Gasteiger partial charge in [0.25, 0.3) is 11.8 Å². The minimum atomic E-state index is -4.90. The first-order valence-corrected chi connectivity index (χ1v) is 16.8. The number of fused-ring (bicyclic) bond motifs is 1. The molecule has 0 N–H and O–H groups in total. The molecule has 0 spiro atoms. The maximum absolute atomic E-state index is 14.9. The predicted molar refractivity (Wildman–Crippen MR) is 171 cm³/mol. The highest BCUT2D eigenvalue weighted by Gasteiger charge is 2.56. The molecule has 4 heterocycles. The third kappa shape index (κ3) is 8.16. The Morgan fingerprint density at radius 2 is 1.86 bits per heavy atom. The Morgan fingerprint density at radius 3 is 2.55 bits per heavy atom. The lowest BCUT2D eigenvalue weighted by molar-refractivity contribution is -0.160. The summed E-state index contributed by atoms with van der Waals surface area (Å²) < 4.78 is 94.8. The number of thiophene rings is 1. The van der Waals surface area contributed by atoms with Crippen LogP contribution >= 0.6 is 22.9 Å². The number of ether oxygens (including phenoxy) is 2. The van der Waals surface area contributed by atoms with Crippen LogP contribution in [0.15, 0.2) is 48.0 Å². The lowest BCUT2D eigenvalue weighted by Crippen LogP contribution is -2.68. The fourth-order valence-electron chi connectivity index (χ4n) is 6.47. The van der Waals surface area contributed by atoms with E-state index in [9.17, 15) is 35.9 Å². The first-order valence-electron chi connectivity index (χ1n) is 15.6. The fourth-order valence-corrected chi connectivity index (χ4v) is 7.34. The molecule has 8 nitrogen and oxygen atoms in total. The zero-order chi connectivity index (χ0) is 35.6. The number of hydrogen-bond donors (Lipinski definition) is 0. The van der Waals surface area contributed by atoms with Crippen LogP contribution in [-0.2, 0) is 34.8 Å². The average molecular weight is 733 g/mol. The maximum Gasteiger partial charge on any atom is 0.425 e. The molecule has 49 heavy (non-hydrogen) atoms. The van der Waals surface area contributed by atoms with Crippen molar-refractivity contribution >= 4 is 34.8 Å². The van der Waals surface area contributed by atoms with Crippen LogP contribution < -0.4 is 4.74 Å². The summed E-state index contributed by atoms with van der Waals surface area (Å²) in [6, 6.07) is 6.73. The number of methoxy groups -OCH3 is 1. The van der Waals surface area contributed by atoms with E-state index < -0.39 is 51.9 Å². The third-order valence-corrected chi connectivity index (χ3v) is 10.1. The number of carbonyl (C=O) groups is 2. The number of nitrogens with zero attached hydrogens (tertiary/aromatic N) is 4. The number of rotatable bonds is 10. The number of alkyl halides is 6. The van der Waals surface area contributed by atoms with E-state index in [0.29, 0.717) is 35.9 Å². The van der Waals surface area contributed by atoms with Crippen molar-refractivity contribution in [3.05, 3.63) is 80.3 Å². The molecule has 5 rings (SSSR count). The third-order valence-electron chi connectivity index (χ3n) is 8.88. The molecule has 0 radical (unpaired) electrons. The molecule has 2 aliphatic rings. The Morgan fingerprint density at radius 1 is 1.08 bits per heavy atom. The Bertz CT molecular complexity index is 1650. The number of carbonyl (C=O) groups excluding carboxylic acids is 2. The van der Waals surface area contributed by atoms with E-state index in [2.05, 4.69) is 4.98 Å². The fraction of sp³-hybridized carbons (Fsp3) is 0.485. The van der Waals surface area contributed by atoms with Gasteiger partial charge in [-0.25, -0.2) is 0 Å². The quantitative estimate of drug-likeness (QED) is 0.214. The summed E-state index contributed by atoms with van der Waals surface area (Å²) in [7, 11) is 3.30. The number of hydrogen-bond acceptors (Lipinski definition) is 7. The standard InChI is InChI=1S/C33H35ClF6N4O4S/c1-42(15-16-47-2)13-9-26-31(48-24-18-27(49-20-24)33(38,39)40,30(46)43-14-8-21-17-23(34)7-6-22(21)19-43)10-4-12-44(26)29(45)28-25(32(35,36)37)5-3-11-41-28/h3,5-7,11,17-18,20,26H,4,8-10,12-16,19H2,1-2H3/t26?,31-/m0/s1. The van der Waals surface area contributed by atoms with Crippen molar-refractivity contribution in [2.24, 2.45) is 0 Å². The first-order chi connectivity index (χ1) is 23.1. The van der Waals surface area contributed by atoms with E-state index in [1.54, 1.807) is 25.2 Å². The Balaban J connectivity index is 1.61. The van der Waals surface area contributed by atoms with E-state index in [4.69, 9.17) is 21.1 Å². The number of halogens is 7. The van der Waals surface area contributed by atoms with Gasteiger partial charge in [0.1, 0.15) is 16.3 Å². The van der Waals surface area contributed by atoms with Crippen LogP contribution in [0.25, 0.3) is 0 Å². The highest BCUT2D eigenvalue weighted by atomic mass is 35.5. The van der Waals surface area contributed by atoms with Gasteiger partial charge in [0.15, 0.2) is 0 Å². The van der Waals surface area contributed by atoms with Crippen LogP contribution in [-0.4, -0.2) is 90.1 Å². The molecule has 0 aliphatic carbocycles. The molecule has 1 unspecified atom stereocenters. The maximum atomic E-state index is 14.9. The normalized spacial score (nSPS) is 20.0. The number of aromatic nitrogens is 1. The second-order valence-electron chi connectivity index (χ2n) is 12.1. The first kappa shape index (κ1) is 36.9. The number of likely N-dealkylation sites (N-methyl/N-ethyl adjacent to an activating group) is 1. The van der Waals surface area contributed by atoms with Crippen molar-refractivity contribution < 1.29 is 45.4 Å². The van der Waals surface area contributed by atoms with Crippen molar-refractivity contribution in [3.63, 3.8) is 0 Å². The molecule has 1 fully saturated rings. The minimum Gasteiger partial charge on any atom is -0.474 e. The second-order valence-corrected chi connectivity index (χ2v) is 13.5. The van der Waals surface area contributed by atoms with Crippen molar-refractivity contribution in [1.82, 2.24) is 19.7 Å². The molecule has 2 atom stereocenters. The van der Waals surface area contributed by atoms with Crippen LogP contribution in [0.1, 0.15) is 51.3 Å². The summed E-state index contributed by atoms with van der Waals surface area (Å²) in [4.78, 5) is 36.5. The molecule has 0 bridgehead atoms. The molecule has 2 amide bonds. The van der Waals surface area contributed by atoms with E-state index in [1.807, 2.05) is 4.90 Å². The van der Waals surface area contributed by atoms with Gasteiger partial charge in [0, 0.05) is 68.9 Å². The molecule has 0 saturated carbocycles. The predicted octanol–water partition coefficient (Wildman–Crippen LogP) is 6.81. The molecule has 1 saturated heterocycles. The van der Waals surface area contributed by atoms with Crippen LogP contribution in [0.2, 0.25) is 5.02 Å². The monoisotopic (exact) mass is 732 g/mol. The highest BCUT2D eigenvalue weighted by molar-refractivity contribution is 7.10. The van der Waals surface area contributed by atoms with Crippen LogP contribution in [0.5, 0.6) is 5.75 Å². The molecule has 2 aromatic heterocycles. The zero-order valence-electron chi connectivity index (χ0n) is 26.7. The van der Waals surface area contributed by atoms with E-state index in [-0.39, 0.29) is 51.2 Å². The van der Waals surface area contributed by atoms with Crippen LogP contribution in [0, 0.1) is 0 Å². The molecule has 266 valence electrons. The molecule has 16 heteroatoms. The van der Waals surface area contributed by atoms with Gasteiger partial charge in [-0.05, 0) is 61.7 Å². The average Bonchev–Trinajstić information content (AvgIpc) is 3.54. The van der Waals surface area contributed by atoms with Gasteiger partial charge in [0.2, 0.25) is 5.60 Å². The van der Waals surface area contributed by atoms with Crippen molar-refractivity contribution in [3.8, 4) is 5.75 Å². The number of amides is 2. The molecule has 3 aromatic rings. The van der Waals surface area contributed by atoms with E-state index >= 15 is 0 Å². The largest absolute Gasteiger partial charge is 0.474 e. The van der Waals surface area contributed by atoms with Gasteiger partial charge in [0.05, 0.1) is 18.2 Å². The van der Waals surface area contributed by atoms with Gasteiger partial charge in [-0.3, -0.25) is 14.6 Å². The summed E-state index contributed by atoms with van der Waals surface area (Å²) in [5.74, 6) is -1.86. The number of piperidine rings is 1. The zero-order valence-corrected chi connectivity index (χ0v) is 28.3. The molecule has 2 aliphatic heterocycles. The number of benzene rings is 1. The Labute approximate surface area is 288 Å². The summed E-state index contributed by atoms with van der Waals surface area (Å²) in [5.41, 5.74) is -2.27. The summed E-state index contributed by atoms with van der Waals surface area (Å²) in [5, 5.41) is 1.68. The van der Waals surface area contributed by atoms with Gasteiger partial charge < -0.3 is 24.2 Å². The lowest BCUT2D eigenvalue weighted by atomic mass is 9.79. The molecule has 1 aromatic carbocycles. The van der Waals surface area contributed by atoms with Crippen LogP contribution in [0.3, 0.4) is 0 Å².